The molecule has 0 saturated heterocycles. The van der Waals surface area contributed by atoms with Gasteiger partial charge in [-0.2, -0.15) is 14.9 Å². The molecule has 2 heterocycles. The molecule has 1 aromatic carbocycles. The summed E-state index contributed by atoms with van der Waals surface area (Å²) in [6.07, 6.45) is 1.35. The SMILES string of the molecule is COc1ccc(N=Nc2c(N)nn3c(N)c(C#N)cnc23)cc1. The van der Waals surface area contributed by atoms with Gasteiger partial charge in [-0.15, -0.1) is 10.2 Å². The lowest BCUT2D eigenvalue weighted by Crippen LogP contribution is -2.03. The molecule has 0 unspecified atom stereocenters. The monoisotopic (exact) mass is 308 g/mol. The van der Waals surface area contributed by atoms with E-state index in [-0.39, 0.29) is 22.9 Å². The summed E-state index contributed by atoms with van der Waals surface area (Å²) in [5.41, 5.74) is 13.1. The van der Waals surface area contributed by atoms with Gasteiger partial charge in [0.15, 0.2) is 17.2 Å². The highest BCUT2D eigenvalue weighted by atomic mass is 16.5. The fourth-order valence-corrected chi connectivity index (χ4v) is 1.95. The minimum absolute atomic E-state index is 0.122. The molecule has 4 N–H and O–H groups in total. The van der Waals surface area contributed by atoms with E-state index in [1.807, 2.05) is 6.07 Å². The molecule has 0 aliphatic carbocycles. The molecule has 0 aliphatic heterocycles. The average molecular weight is 308 g/mol. The maximum atomic E-state index is 8.95. The highest BCUT2D eigenvalue weighted by molar-refractivity contribution is 5.77. The molecule has 3 aromatic rings. The van der Waals surface area contributed by atoms with Crippen molar-refractivity contribution in [3.05, 3.63) is 36.0 Å². The van der Waals surface area contributed by atoms with Crippen molar-refractivity contribution in [3.63, 3.8) is 0 Å². The summed E-state index contributed by atoms with van der Waals surface area (Å²) in [7, 11) is 1.59. The van der Waals surface area contributed by atoms with Crippen molar-refractivity contribution in [3.8, 4) is 11.8 Å². The number of fused-ring (bicyclic) bond motifs is 1. The standard InChI is InChI=1S/C14H12N8O/c1-23-10-4-2-9(3-5-10)19-20-11-12(16)21-22-13(17)8(6-15)7-18-14(11)22/h2-5,7H,17H2,1H3,(H2,16,21). The minimum atomic E-state index is 0.122. The number of nitrogens with two attached hydrogens (primary N) is 2. The number of nitriles is 1. The number of benzene rings is 1. The Bertz CT molecular complexity index is 936. The van der Waals surface area contributed by atoms with Crippen LogP contribution in [0.2, 0.25) is 0 Å². The van der Waals surface area contributed by atoms with E-state index in [2.05, 4.69) is 20.3 Å². The van der Waals surface area contributed by atoms with Crippen LogP contribution in [0.4, 0.5) is 23.0 Å². The Balaban J connectivity index is 2.02. The van der Waals surface area contributed by atoms with Crippen LogP contribution in [0.25, 0.3) is 5.65 Å². The van der Waals surface area contributed by atoms with Gasteiger partial charge in [0.05, 0.1) is 19.0 Å². The predicted octanol–water partition coefficient (Wildman–Crippen LogP) is 2.19. The summed E-state index contributed by atoms with van der Waals surface area (Å²) >= 11 is 0. The van der Waals surface area contributed by atoms with Crippen LogP contribution in [0, 0.1) is 11.3 Å². The van der Waals surface area contributed by atoms with E-state index in [1.54, 1.807) is 31.4 Å². The number of methoxy groups -OCH3 is 1. The topological polar surface area (TPSA) is 140 Å². The zero-order valence-corrected chi connectivity index (χ0v) is 12.1. The van der Waals surface area contributed by atoms with Gasteiger partial charge in [0.2, 0.25) is 0 Å². The lowest BCUT2D eigenvalue weighted by atomic mass is 10.3. The Hall–Kier alpha value is -3.67. The number of azo groups is 1. The molecule has 0 amide bonds. The van der Waals surface area contributed by atoms with Crippen LogP contribution in [0.3, 0.4) is 0 Å². The zero-order chi connectivity index (χ0) is 16.4. The highest BCUT2D eigenvalue weighted by Gasteiger charge is 2.15. The zero-order valence-electron chi connectivity index (χ0n) is 12.1. The lowest BCUT2D eigenvalue weighted by Gasteiger charge is -1.99. The van der Waals surface area contributed by atoms with E-state index in [0.29, 0.717) is 11.3 Å². The van der Waals surface area contributed by atoms with Crippen LogP contribution in [0.1, 0.15) is 5.56 Å². The normalized spacial score (nSPS) is 11.0. The average Bonchev–Trinajstić information content (AvgIpc) is 2.90. The number of rotatable bonds is 3. The van der Waals surface area contributed by atoms with Crippen molar-refractivity contribution in [1.29, 1.82) is 5.26 Å². The molecule has 0 fully saturated rings. The smallest absolute Gasteiger partial charge is 0.187 e. The number of aromatic nitrogens is 3. The maximum absolute atomic E-state index is 8.95. The Morgan fingerprint density at radius 3 is 2.61 bits per heavy atom. The quantitative estimate of drug-likeness (QED) is 0.710. The molecule has 0 spiro atoms. The third-order valence-corrected chi connectivity index (χ3v) is 3.14. The third-order valence-electron chi connectivity index (χ3n) is 3.14. The molecule has 2 aromatic heterocycles. The van der Waals surface area contributed by atoms with Crippen LogP contribution < -0.4 is 16.2 Å². The number of anilines is 2. The van der Waals surface area contributed by atoms with Crippen LogP contribution in [0.5, 0.6) is 5.75 Å². The minimum Gasteiger partial charge on any atom is -0.497 e. The van der Waals surface area contributed by atoms with Crippen LogP contribution in [-0.2, 0) is 0 Å². The molecular weight excluding hydrogens is 296 g/mol. The third kappa shape index (κ3) is 2.49. The van der Waals surface area contributed by atoms with E-state index in [0.717, 1.165) is 5.75 Å². The Morgan fingerprint density at radius 1 is 1.22 bits per heavy atom. The van der Waals surface area contributed by atoms with E-state index in [1.165, 1.54) is 10.7 Å². The molecule has 0 bridgehead atoms. The second kappa shape index (κ2) is 5.61. The van der Waals surface area contributed by atoms with Crippen molar-refractivity contribution in [2.75, 3.05) is 18.6 Å². The second-order valence-electron chi connectivity index (χ2n) is 4.54. The summed E-state index contributed by atoms with van der Waals surface area (Å²) in [6.45, 7) is 0. The van der Waals surface area contributed by atoms with Crippen molar-refractivity contribution < 1.29 is 4.74 Å². The molecule has 23 heavy (non-hydrogen) atoms. The van der Waals surface area contributed by atoms with Crippen LogP contribution in [0.15, 0.2) is 40.7 Å². The van der Waals surface area contributed by atoms with E-state index < -0.39 is 0 Å². The molecule has 0 saturated carbocycles. The van der Waals surface area contributed by atoms with Gasteiger partial charge in [-0.3, -0.25) is 0 Å². The highest BCUT2D eigenvalue weighted by Crippen LogP contribution is 2.30. The largest absolute Gasteiger partial charge is 0.497 e. The summed E-state index contributed by atoms with van der Waals surface area (Å²) in [5.74, 6) is 0.990. The fourth-order valence-electron chi connectivity index (χ4n) is 1.95. The van der Waals surface area contributed by atoms with Gasteiger partial charge in [0.1, 0.15) is 23.2 Å². The van der Waals surface area contributed by atoms with Crippen LogP contribution >= 0.6 is 0 Å². The molecule has 9 nitrogen and oxygen atoms in total. The van der Waals surface area contributed by atoms with E-state index in [9.17, 15) is 0 Å². The van der Waals surface area contributed by atoms with Gasteiger partial charge >= 0.3 is 0 Å². The van der Waals surface area contributed by atoms with Crippen molar-refractivity contribution >= 4 is 28.7 Å². The van der Waals surface area contributed by atoms with Gasteiger partial charge in [-0.25, -0.2) is 4.98 Å². The Kier molecular flexibility index (Phi) is 3.48. The molecular formula is C14H12N8O. The summed E-state index contributed by atoms with van der Waals surface area (Å²) < 4.78 is 6.35. The first kappa shape index (κ1) is 14.3. The summed E-state index contributed by atoms with van der Waals surface area (Å²) in [4.78, 5) is 4.12. The van der Waals surface area contributed by atoms with Gasteiger partial charge in [-0.05, 0) is 24.3 Å². The second-order valence-corrected chi connectivity index (χ2v) is 4.54. The van der Waals surface area contributed by atoms with Gasteiger partial charge in [0, 0.05) is 0 Å². The van der Waals surface area contributed by atoms with E-state index in [4.69, 9.17) is 21.5 Å². The van der Waals surface area contributed by atoms with Crippen molar-refractivity contribution in [2.24, 2.45) is 10.2 Å². The van der Waals surface area contributed by atoms with Gasteiger partial charge in [-0.1, -0.05) is 0 Å². The summed E-state index contributed by atoms with van der Waals surface area (Å²) in [6, 6.07) is 8.96. The number of hydrogen-bond acceptors (Lipinski definition) is 8. The first-order valence-electron chi connectivity index (χ1n) is 6.52. The molecule has 0 atom stereocenters. The summed E-state index contributed by atoms with van der Waals surface area (Å²) in [5, 5.41) is 21.2. The fraction of sp³-hybridized carbons (Fsp3) is 0.0714. The number of nitrogen functional groups attached to an aromatic ring is 2. The molecule has 3 rings (SSSR count). The molecule has 0 aliphatic rings. The molecule has 0 radical (unpaired) electrons. The Labute approximate surface area is 130 Å². The number of hydrogen-bond donors (Lipinski definition) is 2. The van der Waals surface area contributed by atoms with Gasteiger partial charge in [0.25, 0.3) is 0 Å². The predicted molar refractivity (Wildman–Crippen MR) is 83.7 cm³/mol. The van der Waals surface area contributed by atoms with Crippen molar-refractivity contribution in [1.82, 2.24) is 14.6 Å². The number of nitrogens with zero attached hydrogens (tertiary/aromatic N) is 6. The molecule has 9 heteroatoms. The maximum Gasteiger partial charge on any atom is 0.187 e. The van der Waals surface area contributed by atoms with Crippen molar-refractivity contribution in [2.45, 2.75) is 0 Å². The lowest BCUT2D eigenvalue weighted by molar-refractivity contribution is 0.415. The van der Waals surface area contributed by atoms with E-state index >= 15 is 0 Å². The number of ether oxygens (including phenoxy) is 1. The van der Waals surface area contributed by atoms with Crippen LogP contribution in [-0.4, -0.2) is 21.7 Å². The first-order chi connectivity index (χ1) is 11.1. The molecule has 114 valence electrons. The van der Waals surface area contributed by atoms with Gasteiger partial charge < -0.3 is 16.2 Å². The Morgan fingerprint density at radius 2 is 1.96 bits per heavy atom. The first-order valence-corrected chi connectivity index (χ1v) is 6.52.